The van der Waals surface area contributed by atoms with E-state index < -0.39 is 0 Å². The van der Waals surface area contributed by atoms with Crippen LogP contribution in [0.4, 0.5) is 0 Å². The van der Waals surface area contributed by atoms with Gasteiger partial charge in [-0.15, -0.1) is 0 Å². The first kappa shape index (κ1) is 14.1. The molecule has 20 heavy (non-hydrogen) atoms. The van der Waals surface area contributed by atoms with E-state index in [1.807, 2.05) is 24.3 Å². The number of hydrogen-bond acceptors (Lipinski definition) is 3. The smallest absolute Gasteiger partial charge is 0.251 e. The van der Waals surface area contributed by atoms with Crippen molar-refractivity contribution in [3.8, 4) is 6.07 Å². The number of amides is 2. The molecule has 1 aliphatic heterocycles. The molecule has 104 valence electrons. The summed E-state index contributed by atoms with van der Waals surface area (Å²) >= 11 is 0. The average Bonchev–Trinajstić information content (AvgIpc) is 2.49. The van der Waals surface area contributed by atoms with Crippen LogP contribution in [0.3, 0.4) is 0 Å². The molecule has 2 amide bonds. The first-order valence-corrected chi connectivity index (χ1v) is 6.71. The maximum Gasteiger partial charge on any atom is 0.251 e. The average molecular weight is 271 g/mol. The third-order valence-corrected chi connectivity index (χ3v) is 3.45. The molecule has 1 aromatic carbocycles. The van der Waals surface area contributed by atoms with Crippen molar-refractivity contribution in [2.75, 3.05) is 13.1 Å². The zero-order valence-corrected chi connectivity index (χ0v) is 11.2. The second kappa shape index (κ2) is 6.71. The van der Waals surface area contributed by atoms with Gasteiger partial charge in [-0.25, -0.2) is 0 Å². The van der Waals surface area contributed by atoms with Gasteiger partial charge in [0.05, 0.1) is 6.07 Å². The lowest BCUT2D eigenvalue weighted by Crippen LogP contribution is -2.46. The third kappa shape index (κ3) is 3.58. The number of rotatable bonds is 3. The zero-order chi connectivity index (χ0) is 14.4. The molecule has 1 aromatic rings. The van der Waals surface area contributed by atoms with E-state index in [1.54, 1.807) is 17.0 Å². The van der Waals surface area contributed by atoms with Crippen LogP contribution in [-0.4, -0.2) is 35.8 Å². The molecule has 2 rings (SSSR count). The second-order valence-electron chi connectivity index (χ2n) is 4.83. The topological polar surface area (TPSA) is 73.2 Å². The Balaban J connectivity index is 1.82. The van der Waals surface area contributed by atoms with E-state index in [4.69, 9.17) is 5.26 Å². The lowest BCUT2D eigenvalue weighted by molar-refractivity contribution is -0.131. The van der Waals surface area contributed by atoms with Gasteiger partial charge in [0.1, 0.15) is 6.42 Å². The molecule has 0 aliphatic carbocycles. The van der Waals surface area contributed by atoms with Crippen molar-refractivity contribution in [3.63, 3.8) is 0 Å². The summed E-state index contributed by atoms with van der Waals surface area (Å²) in [5.41, 5.74) is 0.649. The van der Waals surface area contributed by atoms with E-state index in [9.17, 15) is 9.59 Å². The highest BCUT2D eigenvalue weighted by Gasteiger charge is 2.23. The lowest BCUT2D eigenvalue weighted by atomic mass is 10.0. The van der Waals surface area contributed by atoms with Gasteiger partial charge in [-0.05, 0) is 25.0 Å². The number of benzene rings is 1. The monoisotopic (exact) mass is 271 g/mol. The Kier molecular flexibility index (Phi) is 4.72. The second-order valence-corrected chi connectivity index (χ2v) is 4.83. The SMILES string of the molecule is N#CCC(=O)N1CCC(NC(=O)c2ccccc2)CC1. The van der Waals surface area contributed by atoms with Crippen molar-refractivity contribution in [2.24, 2.45) is 0 Å². The van der Waals surface area contributed by atoms with Crippen LogP contribution in [0.2, 0.25) is 0 Å². The highest BCUT2D eigenvalue weighted by Crippen LogP contribution is 2.12. The molecule has 0 radical (unpaired) electrons. The Morgan fingerprint density at radius 3 is 2.50 bits per heavy atom. The van der Waals surface area contributed by atoms with Crippen LogP contribution in [0, 0.1) is 11.3 Å². The summed E-state index contributed by atoms with van der Waals surface area (Å²) in [6, 6.07) is 11.1. The molecule has 0 bridgehead atoms. The summed E-state index contributed by atoms with van der Waals surface area (Å²) in [6.07, 6.45) is 1.40. The van der Waals surface area contributed by atoms with Crippen LogP contribution in [0.15, 0.2) is 30.3 Å². The zero-order valence-electron chi connectivity index (χ0n) is 11.2. The van der Waals surface area contributed by atoms with Crippen LogP contribution in [0.5, 0.6) is 0 Å². The van der Waals surface area contributed by atoms with E-state index in [2.05, 4.69) is 5.32 Å². The van der Waals surface area contributed by atoms with Gasteiger partial charge >= 0.3 is 0 Å². The van der Waals surface area contributed by atoms with E-state index in [1.165, 1.54) is 0 Å². The molecule has 1 aliphatic rings. The maximum atomic E-state index is 12.0. The van der Waals surface area contributed by atoms with Crippen molar-refractivity contribution >= 4 is 11.8 Å². The van der Waals surface area contributed by atoms with Gasteiger partial charge < -0.3 is 10.2 Å². The first-order chi connectivity index (χ1) is 9.70. The number of likely N-dealkylation sites (tertiary alicyclic amines) is 1. The molecule has 0 spiro atoms. The molecule has 5 heteroatoms. The van der Waals surface area contributed by atoms with Crippen LogP contribution < -0.4 is 5.32 Å². The quantitative estimate of drug-likeness (QED) is 0.901. The summed E-state index contributed by atoms with van der Waals surface area (Å²) in [6.45, 7) is 1.19. The van der Waals surface area contributed by atoms with Crippen molar-refractivity contribution in [1.82, 2.24) is 10.2 Å². The van der Waals surface area contributed by atoms with Gasteiger partial charge in [-0.1, -0.05) is 18.2 Å². The minimum absolute atomic E-state index is 0.0684. The van der Waals surface area contributed by atoms with Crippen molar-refractivity contribution in [3.05, 3.63) is 35.9 Å². The predicted octanol–water partition coefficient (Wildman–Crippen LogP) is 1.32. The minimum Gasteiger partial charge on any atom is -0.349 e. The molecule has 1 saturated heterocycles. The molecule has 1 N–H and O–H groups in total. The Hall–Kier alpha value is -2.35. The molecule has 0 aromatic heterocycles. The Morgan fingerprint density at radius 2 is 1.90 bits per heavy atom. The maximum absolute atomic E-state index is 12.0. The lowest BCUT2D eigenvalue weighted by Gasteiger charge is -2.32. The van der Waals surface area contributed by atoms with Crippen LogP contribution >= 0.6 is 0 Å². The van der Waals surface area contributed by atoms with E-state index in [0.29, 0.717) is 18.7 Å². The van der Waals surface area contributed by atoms with Crippen LogP contribution in [-0.2, 0) is 4.79 Å². The molecular weight excluding hydrogens is 254 g/mol. The Labute approximate surface area is 118 Å². The van der Waals surface area contributed by atoms with Crippen molar-refractivity contribution in [2.45, 2.75) is 25.3 Å². The number of nitriles is 1. The number of carbonyl (C=O) groups is 2. The number of hydrogen-bond donors (Lipinski definition) is 1. The fourth-order valence-corrected chi connectivity index (χ4v) is 2.31. The van der Waals surface area contributed by atoms with Gasteiger partial charge in [-0.2, -0.15) is 5.26 Å². The van der Waals surface area contributed by atoms with E-state index in [-0.39, 0.29) is 24.3 Å². The predicted molar refractivity (Wildman–Crippen MR) is 73.7 cm³/mol. The summed E-state index contributed by atoms with van der Waals surface area (Å²) < 4.78 is 0. The fraction of sp³-hybridized carbons (Fsp3) is 0.400. The Bertz CT molecular complexity index is 514. The third-order valence-electron chi connectivity index (χ3n) is 3.45. The van der Waals surface area contributed by atoms with E-state index in [0.717, 1.165) is 12.8 Å². The molecule has 1 fully saturated rings. The molecular formula is C15H17N3O2. The molecule has 1 heterocycles. The highest BCUT2D eigenvalue weighted by atomic mass is 16.2. The molecule has 0 unspecified atom stereocenters. The normalized spacial score (nSPS) is 15.4. The summed E-state index contributed by atoms with van der Waals surface area (Å²) in [5.74, 6) is -0.201. The highest BCUT2D eigenvalue weighted by molar-refractivity contribution is 5.94. The number of nitrogens with zero attached hydrogens (tertiary/aromatic N) is 2. The standard InChI is InChI=1S/C15H17N3O2/c16-9-6-14(19)18-10-7-13(8-11-18)17-15(20)12-4-2-1-3-5-12/h1-5,13H,6-8,10-11H2,(H,17,20). The Morgan fingerprint density at radius 1 is 1.25 bits per heavy atom. The number of carbonyl (C=O) groups excluding carboxylic acids is 2. The van der Waals surface area contributed by atoms with Crippen molar-refractivity contribution < 1.29 is 9.59 Å². The largest absolute Gasteiger partial charge is 0.349 e. The van der Waals surface area contributed by atoms with Gasteiger partial charge in [0.15, 0.2) is 0 Å². The van der Waals surface area contributed by atoms with Gasteiger partial charge in [0.25, 0.3) is 5.91 Å². The minimum atomic E-state index is -0.125. The van der Waals surface area contributed by atoms with Gasteiger partial charge in [-0.3, -0.25) is 9.59 Å². The molecule has 0 atom stereocenters. The van der Waals surface area contributed by atoms with E-state index >= 15 is 0 Å². The summed E-state index contributed by atoms with van der Waals surface area (Å²) in [5, 5.41) is 11.5. The van der Waals surface area contributed by atoms with Crippen LogP contribution in [0.1, 0.15) is 29.6 Å². The first-order valence-electron chi connectivity index (χ1n) is 6.71. The van der Waals surface area contributed by atoms with Crippen LogP contribution in [0.25, 0.3) is 0 Å². The fourth-order valence-electron chi connectivity index (χ4n) is 2.31. The van der Waals surface area contributed by atoms with Crippen molar-refractivity contribution in [1.29, 1.82) is 5.26 Å². The van der Waals surface area contributed by atoms with Gasteiger partial charge in [0, 0.05) is 24.7 Å². The number of nitrogens with one attached hydrogen (secondary N) is 1. The summed E-state index contributed by atoms with van der Waals surface area (Å²) in [4.78, 5) is 25.2. The molecule has 0 saturated carbocycles. The molecule has 5 nitrogen and oxygen atoms in total. The van der Waals surface area contributed by atoms with Gasteiger partial charge in [0.2, 0.25) is 5.91 Å². The number of piperidine rings is 1. The summed E-state index contributed by atoms with van der Waals surface area (Å²) in [7, 11) is 0.